The molecule has 0 aliphatic carbocycles. The highest BCUT2D eigenvalue weighted by atomic mass is 16.5. The van der Waals surface area contributed by atoms with E-state index in [2.05, 4.69) is 17.1 Å². The second-order valence-electron chi connectivity index (χ2n) is 5.06. The Labute approximate surface area is 130 Å². The van der Waals surface area contributed by atoms with Gasteiger partial charge in [-0.15, -0.1) is 0 Å². The van der Waals surface area contributed by atoms with Gasteiger partial charge < -0.3 is 10.5 Å². The van der Waals surface area contributed by atoms with Crippen LogP contribution in [0.25, 0.3) is 11.1 Å². The molecule has 2 aromatic carbocycles. The summed E-state index contributed by atoms with van der Waals surface area (Å²) in [5.41, 5.74) is 10.1. The smallest absolute Gasteiger partial charge is 0.213 e. The van der Waals surface area contributed by atoms with Gasteiger partial charge in [-0.3, -0.25) is 0 Å². The summed E-state index contributed by atoms with van der Waals surface area (Å²) in [5, 5.41) is 0. The average molecular weight is 290 g/mol. The van der Waals surface area contributed by atoms with Crippen molar-refractivity contribution >= 4 is 0 Å². The summed E-state index contributed by atoms with van der Waals surface area (Å²) in [6.07, 6.45) is 1.83. The Morgan fingerprint density at radius 1 is 0.818 bits per heavy atom. The lowest BCUT2D eigenvalue weighted by Crippen LogP contribution is -1.97. The zero-order valence-corrected chi connectivity index (χ0v) is 12.3. The minimum Gasteiger partial charge on any atom is -0.473 e. The third-order valence-electron chi connectivity index (χ3n) is 3.46. The Kier molecular flexibility index (Phi) is 4.47. The summed E-state index contributed by atoms with van der Waals surface area (Å²) >= 11 is 0. The molecule has 3 heteroatoms. The van der Waals surface area contributed by atoms with E-state index in [0.717, 1.165) is 22.3 Å². The van der Waals surface area contributed by atoms with Crippen LogP contribution in [0.1, 0.15) is 11.1 Å². The Morgan fingerprint density at radius 3 is 2.36 bits per heavy atom. The summed E-state index contributed by atoms with van der Waals surface area (Å²) in [5.74, 6) is 0.627. The maximum Gasteiger partial charge on any atom is 0.213 e. The fraction of sp³-hybridized carbons (Fsp3) is 0.105. The lowest BCUT2D eigenvalue weighted by Gasteiger charge is -2.07. The van der Waals surface area contributed by atoms with Crippen LogP contribution in [0.3, 0.4) is 0 Å². The highest BCUT2D eigenvalue weighted by Crippen LogP contribution is 2.21. The van der Waals surface area contributed by atoms with Crippen molar-refractivity contribution in [3.63, 3.8) is 0 Å². The number of pyridine rings is 1. The van der Waals surface area contributed by atoms with Crippen molar-refractivity contribution in [2.45, 2.75) is 13.2 Å². The molecular weight excluding hydrogens is 272 g/mol. The highest BCUT2D eigenvalue weighted by Gasteiger charge is 2.01. The molecule has 0 bridgehead atoms. The van der Waals surface area contributed by atoms with Gasteiger partial charge in [-0.05, 0) is 28.8 Å². The number of nitrogens with two attached hydrogens (primary N) is 1. The van der Waals surface area contributed by atoms with E-state index in [9.17, 15) is 0 Å². The normalized spacial score (nSPS) is 10.4. The molecule has 0 fully saturated rings. The fourth-order valence-corrected chi connectivity index (χ4v) is 2.25. The summed E-state index contributed by atoms with van der Waals surface area (Å²) in [6.45, 7) is 1.06. The Morgan fingerprint density at radius 2 is 1.64 bits per heavy atom. The Balaban J connectivity index is 1.69. The zero-order valence-electron chi connectivity index (χ0n) is 12.3. The molecule has 0 amide bonds. The number of nitrogens with zero attached hydrogens (tertiary/aromatic N) is 1. The van der Waals surface area contributed by atoms with Gasteiger partial charge in [0.15, 0.2) is 0 Å². The molecule has 3 rings (SSSR count). The van der Waals surface area contributed by atoms with Crippen LogP contribution in [-0.2, 0) is 13.2 Å². The fourth-order valence-electron chi connectivity index (χ4n) is 2.25. The molecule has 0 aliphatic rings. The zero-order chi connectivity index (χ0) is 15.2. The number of rotatable bonds is 5. The number of ether oxygens (including phenoxy) is 1. The summed E-state index contributed by atoms with van der Waals surface area (Å²) < 4.78 is 5.70. The van der Waals surface area contributed by atoms with Crippen LogP contribution in [-0.4, -0.2) is 4.98 Å². The standard InChI is InChI=1S/C19H18N2O/c20-12-16-7-4-8-17(11-16)18-9-10-19(21-13-18)22-14-15-5-2-1-3-6-15/h1-11,13H,12,14,20H2. The summed E-state index contributed by atoms with van der Waals surface area (Å²) in [7, 11) is 0. The topological polar surface area (TPSA) is 48.1 Å². The number of hydrogen-bond donors (Lipinski definition) is 1. The van der Waals surface area contributed by atoms with Gasteiger partial charge in [0.2, 0.25) is 5.88 Å². The molecule has 0 saturated heterocycles. The molecule has 1 aromatic heterocycles. The molecule has 0 radical (unpaired) electrons. The third-order valence-corrected chi connectivity index (χ3v) is 3.46. The second-order valence-corrected chi connectivity index (χ2v) is 5.06. The van der Waals surface area contributed by atoms with Crippen LogP contribution >= 0.6 is 0 Å². The lowest BCUT2D eigenvalue weighted by atomic mass is 10.1. The predicted molar refractivity (Wildman–Crippen MR) is 88.3 cm³/mol. The van der Waals surface area contributed by atoms with Crippen LogP contribution in [0.4, 0.5) is 0 Å². The van der Waals surface area contributed by atoms with E-state index in [1.54, 1.807) is 0 Å². The van der Waals surface area contributed by atoms with Crippen LogP contribution in [0.2, 0.25) is 0 Å². The molecule has 0 atom stereocenters. The molecule has 110 valence electrons. The maximum atomic E-state index is 5.70. The van der Waals surface area contributed by atoms with Gasteiger partial charge in [-0.1, -0.05) is 48.5 Å². The van der Waals surface area contributed by atoms with Crippen molar-refractivity contribution in [1.29, 1.82) is 0 Å². The first kappa shape index (κ1) is 14.3. The molecule has 0 unspecified atom stereocenters. The van der Waals surface area contributed by atoms with E-state index in [1.807, 2.05) is 60.8 Å². The number of hydrogen-bond acceptors (Lipinski definition) is 3. The maximum absolute atomic E-state index is 5.70. The van der Waals surface area contributed by atoms with Crippen molar-refractivity contribution in [1.82, 2.24) is 4.98 Å². The molecule has 22 heavy (non-hydrogen) atoms. The number of benzene rings is 2. The van der Waals surface area contributed by atoms with Gasteiger partial charge in [0.1, 0.15) is 6.61 Å². The van der Waals surface area contributed by atoms with E-state index < -0.39 is 0 Å². The number of aromatic nitrogens is 1. The quantitative estimate of drug-likeness (QED) is 0.777. The van der Waals surface area contributed by atoms with Crippen molar-refractivity contribution in [2.75, 3.05) is 0 Å². The van der Waals surface area contributed by atoms with Crippen molar-refractivity contribution in [3.05, 3.63) is 84.1 Å². The van der Waals surface area contributed by atoms with E-state index in [4.69, 9.17) is 10.5 Å². The minimum absolute atomic E-state index is 0.524. The van der Waals surface area contributed by atoms with E-state index >= 15 is 0 Å². The van der Waals surface area contributed by atoms with E-state index in [0.29, 0.717) is 19.0 Å². The van der Waals surface area contributed by atoms with Crippen molar-refractivity contribution in [2.24, 2.45) is 5.73 Å². The molecule has 3 nitrogen and oxygen atoms in total. The first-order chi connectivity index (χ1) is 10.8. The highest BCUT2D eigenvalue weighted by molar-refractivity contribution is 5.63. The van der Waals surface area contributed by atoms with Crippen LogP contribution in [0, 0.1) is 0 Å². The van der Waals surface area contributed by atoms with E-state index in [1.165, 1.54) is 0 Å². The third kappa shape index (κ3) is 3.51. The summed E-state index contributed by atoms with van der Waals surface area (Å²) in [6, 6.07) is 22.1. The lowest BCUT2D eigenvalue weighted by molar-refractivity contribution is 0.294. The molecule has 2 N–H and O–H groups in total. The Hall–Kier alpha value is -2.65. The average Bonchev–Trinajstić information content (AvgIpc) is 2.61. The van der Waals surface area contributed by atoms with Gasteiger partial charge in [0, 0.05) is 24.4 Å². The first-order valence-electron chi connectivity index (χ1n) is 7.27. The van der Waals surface area contributed by atoms with Gasteiger partial charge in [0.05, 0.1) is 0 Å². The molecular formula is C19H18N2O. The second kappa shape index (κ2) is 6.87. The monoisotopic (exact) mass is 290 g/mol. The largest absolute Gasteiger partial charge is 0.473 e. The predicted octanol–water partition coefficient (Wildman–Crippen LogP) is 3.79. The molecule has 0 spiro atoms. The molecule has 1 heterocycles. The van der Waals surface area contributed by atoms with Gasteiger partial charge in [0.25, 0.3) is 0 Å². The first-order valence-corrected chi connectivity index (χ1v) is 7.27. The van der Waals surface area contributed by atoms with Crippen LogP contribution in [0.15, 0.2) is 72.9 Å². The van der Waals surface area contributed by atoms with Crippen molar-refractivity contribution < 1.29 is 4.74 Å². The van der Waals surface area contributed by atoms with Gasteiger partial charge in [-0.25, -0.2) is 4.98 Å². The van der Waals surface area contributed by atoms with E-state index in [-0.39, 0.29) is 0 Å². The minimum atomic E-state index is 0.524. The summed E-state index contributed by atoms with van der Waals surface area (Å²) in [4.78, 5) is 4.37. The van der Waals surface area contributed by atoms with Gasteiger partial charge in [-0.2, -0.15) is 0 Å². The van der Waals surface area contributed by atoms with Crippen LogP contribution < -0.4 is 10.5 Å². The molecule has 3 aromatic rings. The molecule has 0 aliphatic heterocycles. The molecule has 0 saturated carbocycles. The Bertz CT molecular complexity index is 724. The van der Waals surface area contributed by atoms with Crippen molar-refractivity contribution in [3.8, 4) is 17.0 Å². The van der Waals surface area contributed by atoms with Crippen LogP contribution in [0.5, 0.6) is 5.88 Å². The van der Waals surface area contributed by atoms with Gasteiger partial charge >= 0.3 is 0 Å². The SMILES string of the molecule is NCc1cccc(-c2ccc(OCc3ccccc3)nc2)c1.